The third-order valence-corrected chi connectivity index (χ3v) is 7.22. The molecule has 3 aliphatic rings. The van der Waals surface area contributed by atoms with Gasteiger partial charge >= 0.3 is 0 Å². The third-order valence-electron chi connectivity index (χ3n) is 7.22. The monoisotopic (exact) mass is 393 g/mol. The Morgan fingerprint density at radius 1 is 1.24 bits per heavy atom. The number of aliphatic hydroxyl groups is 1. The average molecular weight is 393 g/mol. The van der Waals surface area contributed by atoms with Crippen molar-refractivity contribution in [3.63, 3.8) is 0 Å². The summed E-state index contributed by atoms with van der Waals surface area (Å²) >= 11 is 0. The lowest BCUT2D eigenvalue weighted by Gasteiger charge is -2.38. The number of fused-ring (bicyclic) bond motifs is 4. The van der Waals surface area contributed by atoms with Crippen molar-refractivity contribution in [2.45, 2.75) is 44.7 Å². The van der Waals surface area contributed by atoms with E-state index in [0.717, 1.165) is 16.5 Å². The predicted octanol–water partition coefficient (Wildman–Crippen LogP) is 2.35. The van der Waals surface area contributed by atoms with Gasteiger partial charge in [-0.05, 0) is 44.7 Å². The van der Waals surface area contributed by atoms with E-state index < -0.39 is 23.1 Å². The molecule has 7 nitrogen and oxygen atoms in total. The van der Waals surface area contributed by atoms with Crippen LogP contribution < -0.4 is 5.56 Å². The Balaban J connectivity index is 1.89. The summed E-state index contributed by atoms with van der Waals surface area (Å²) in [6.45, 7) is 5.41. The molecule has 3 atom stereocenters. The molecule has 1 aromatic heterocycles. The zero-order valence-electron chi connectivity index (χ0n) is 16.8. The molecule has 0 bridgehead atoms. The van der Waals surface area contributed by atoms with Gasteiger partial charge in [-0.25, -0.2) is 0 Å². The van der Waals surface area contributed by atoms with Crippen LogP contribution in [0.15, 0.2) is 34.3 Å². The van der Waals surface area contributed by atoms with Gasteiger partial charge in [0.05, 0.1) is 17.1 Å². The highest BCUT2D eigenvalue weighted by molar-refractivity contribution is 6.22. The maximum Gasteiger partial charge on any atom is 0.293 e. The summed E-state index contributed by atoms with van der Waals surface area (Å²) in [7, 11) is 1.63. The Morgan fingerprint density at radius 3 is 2.59 bits per heavy atom. The fourth-order valence-electron chi connectivity index (χ4n) is 5.91. The van der Waals surface area contributed by atoms with Crippen LogP contribution in [-0.4, -0.2) is 42.9 Å². The Labute approximate surface area is 167 Å². The van der Waals surface area contributed by atoms with Crippen LogP contribution in [0, 0.1) is 11.3 Å². The highest BCUT2D eigenvalue weighted by atomic mass is 16.3. The Bertz CT molecular complexity index is 1240. The van der Waals surface area contributed by atoms with Crippen molar-refractivity contribution < 1.29 is 15.0 Å². The molecular weight excluding hydrogens is 370 g/mol. The van der Waals surface area contributed by atoms with Gasteiger partial charge in [0.25, 0.3) is 11.5 Å². The van der Waals surface area contributed by atoms with Gasteiger partial charge in [-0.15, -0.1) is 0 Å². The van der Waals surface area contributed by atoms with E-state index in [0.29, 0.717) is 12.0 Å². The van der Waals surface area contributed by atoms with E-state index in [-0.39, 0.29) is 34.6 Å². The minimum atomic E-state index is -0.688. The maximum absolute atomic E-state index is 13.2. The molecule has 2 aliphatic heterocycles. The number of rotatable bonds is 1. The largest absolute Gasteiger partial charge is 0.509 e. The van der Waals surface area contributed by atoms with E-state index in [1.807, 2.05) is 32.0 Å². The standard InChI is InChI=1S/C22H23N3O4/c1-9(23)13-18(26)17-15-11(22(2,3)25(17)20(13)28)8-10-6-5-7-12-14(10)16(15)19(27)21(29)24(12)4/h5-7,11,15,17,23,26-27H,8H2,1-4H3. The van der Waals surface area contributed by atoms with Gasteiger partial charge in [-0.1, -0.05) is 12.1 Å². The van der Waals surface area contributed by atoms with Gasteiger partial charge in [0.15, 0.2) is 5.75 Å². The Hall–Kier alpha value is -3.09. The van der Waals surface area contributed by atoms with Crippen molar-refractivity contribution in [2.75, 3.05) is 0 Å². The second-order valence-corrected chi connectivity index (χ2v) is 8.93. The van der Waals surface area contributed by atoms with Crippen LogP contribution in [0.1, 0.15) is 37.8 Å². The van der Waals surface area contributed by atoms with E-state index >= 15 is 0 Å². The molecule has 1 saturated heterocycles. The summed E-state index contributed by atoms with van der Waals surface area (Å²) in [5.74, 6) is -1.31. The van der Waals surface area contributed by atoms with E-state index in [4.69, 9.17) is 5.41 Å². The van der Waals surface area contributed by atoms with Crippen LogP contribution in [-0.2, 0) is 18.3 Å². The number of carbonyl (C=O) groups is 1. The predicted molar refractivity (Wildman–Crippen MR) is 109 cm³/mol. The molecule has 3 N–H and O–H groups in total. The number of carbonyl (C=O) groups excluding carboxylic acids is 1. The van der Waals surface area contributed by atoms with Crippen molar-refractivity contribution in [3.8, 4) is 5.75 Å². The van der Waals surface area contributed by atoms with Gasteiger partial charge in [0, 0.05) is 35.2 Å². The van der Waals surface area contributed by atoms with Crippen LogP contribution in [0.3, 0.4) is 0 Å². The normalized spacial score (nSPS) is 26.8. The Morgan fingerprint density at radius 2 is 1.93 bits per heavy atom. The van der Waals surface area contributed by atoms with E-state index in [1.54, 1.807) is 11.9 Å². The van der Waals surface area contributed by atoms with E-state index in [9.17, 15) is 19.8 Å². The van der Waals surface area contributed by atoms with Gasteiger partial charge in [0.1, 0.15) is 5.76 Å². The fraction of sp³-hybridized carbons (Fsp3) is 0.409. The molecule has 1 amide bonds. The molecule has 0 saturated carbocycles. The number of nitrogens with zero attached hydrogens (tertiary/aromatic N) is 2. The molecule has 0 radical (unpaired) electrons. The number of aromatic nitrogens is 1. The molecule has 1 aromatic carbocycles. The minimum absolute atomic E-state index is 0.0174. The molecule has 1 aliphatic carbocycles. The molecule has 3 unspecified atom stereocenters. The third kappa shape index (κ3) is 1.90. The van der Waals surface area contributed by atoms with Crippen molar-refractivity contribution in [3.05, 3.63) is 51.0 Å². The molecule has 150 valence electrons. The maximum atomic E-state index is 13.2. The van der Waals surface area contributed by atoms with Crippen LogP contribution in [0.4, 0.5) is 0 Å². The lowest BCUT2D eigenvalue weighted by molar-refractivity contribution is -0.130. The molecule has 1 fully saturated rings. The average Bonchev–Trinajstić information content (AvgIpc) is 3.06. The first kappa shape index (κ1) is 18.0. The molecule has 5 rings (SSSR count). The minimum Gasteiger partial charge on any atom is -0.509 e. The first-order valence-electron chi connectivity index (χ1n) is 9.74. The second kappa shape index (κ2) is 5.28. The molecule has 29 heavy (non-hydrogen) atoms. The fourth-order valence-corrected chi connectivity index (χ4v) is 5.91. The van der Waals surface area contributed by atoms with Gasteiger partial charge in [-0.3, -0.25) is 9.59 Å². The number of aryl methyl sites for hydroxylation is 1. The quantitative estimate of drug-likeness (QED) is 0.647. The van der Waals surface area contributed by atoms with Gasteiger partial charge < -0.3 is 25.1 Å². The van der Waals surface area contributed by atoms with Crippen molar-refractivity contribution in [1.29, 1.82) is 5.41 Å². The number of hydrogen-bond acceptors (Lipinski definition) is 5. The lowest BCUT2D eigenvalue weighted by Crippen LogP contribution is -2.47. The number of nitrogens with one attached hydrogen (secondary N) is 1. The Kier molecular flexibility index (Phi) is 3.28. The highest BCUT2D eigenvalue weighted by Gasteiger charge is 2.63. The van der Waals surface area contributed by atoms with Crippen LogP contribution >= 0.6 is 0 Å². The van der Waals surface area contributed by atoms with Gasteiger partial charge in [-0.2, -0.15) is 0 Å². The summed E-state index contributed by atoms with van der Waals surface area (Å²) in [6, 6.07) is 5.06. The summed E-state index contributed by atoms with van der Waals surface area (Å²) < 4.78 is 1.44. The van der Waals surface area contributed by atoms with Crippen molar-refractivity contribution in [2.24, 2.45) is 13.0 Å². The SMILES string of the molecule is CC(=N)C1=C(O)C2C3c4c(O)c(=O)n(C)c5cccc(c45)CC3C(C)(C)N2C1=O. The zero-order chi connectivity index (χ0) is 21.0. The summed E-state index contributed by atoms with van der Waals surface area (Å²) in [6.07, 6.45) is 0.673. The highest BCUT2D eigenvalue weighted by Crippen LogP contribution is 2.59. The molecular formula is C22H23N3O4. The molecule has 2 aromatic rings. The van der Waals surface area contributed by atoms with Crippen molar-refractivity contribution in [1.82, 2.24) is 9.47 Å². The summed E-state index contributed by atoms with van der Waals surface area (Å²) in [5.41, 5.74) is 1.20. The molecule has 0 spiro atoms. The first-order valence-corrected chi connectivity index (χ1v) is 9.74. The number of benzene rings is 1. The summed E-state index contributed by atoms with van der Waals surface area (Å²) in [4.78, 5) is 27.6. The zero-order valence-corrected chi connectivity index (χ0v) is 16.8. The van der Waals surface area contributed by atoms with Crippen molar-refractivity contribution >= 4 is 22.5 Å². The van der Waals surface area contributed by atoms with Gasteiger partial charge in [0.2, 0.25) is 0 Å². The summed E-state index contributed by atoms with van der Waals surface area (Å²) in [5, 5.41) is 30.7. The van der Waals surface area contributed by atoms with E-state index in [2.05, 4.69) is 0 Å². The van der Waals surface area contributed by atoms with E-state index in [1.165, 1.54) is 11.5 Å². The van der Waals surface area contributed by atoms with Crippen LogP contribution in [0.25, 0.3) is 10.9 Å². The second-order valence-electron chi connectivity index (χ2n) is 8.93. The number of hydrogen-bond donors (Lipinski definition) is 3. The smallest absolute Gasteiger partial charge is 0.293 e. The molecule has 7 heteroatoms. The number of aromatic hydroxyl groups is 1. The number of amides is 1. The number of pyridine rings is 1. The van der Waals surface area contributed by atoms with Crippen LogP contribution in [0.5, 0.6) is 5.75 Å². The number of aliphatic hydroxyl groups excluding tert-OH is 1. The molecule has 3 heterocycles. The van der Waals surface area contributed by atoms with Crippen LogP contribution in [0.2, 0.25) is 0 Å². The topological polar surface area (TPSA) is 107 Å². The lowest BCUT2D eigenvalue weighted by atomic mass is 9.68. The first-order chi connectivity index (χ1) is 13.6.